The van der Waals surface area contributed by atoms with Gasteiger partial charge < -0.3 is 15.3 Å². The number of carbonyl (C=O) groups excluding carboxylic acids is 1. The molecule has 0 aliphatic carbocycles. The molecule has 1 fully saturated rings. The summed E-state index contributed by atoms with van der Waals surface area (Å²) in [7, 11) is 1.84. The fraction of sp³-hybridized carbons (Fsp3) is 0.348. The molecule has 30 heavy (non-hydrogen) atoms. The summed E-state index contributed by atoms with van der Waals surface area (Å²) in [5.74, 6) is 0.406. The number of nitrogens with one attached hydrogen (secondary N) is 2. The van der Waals surface area contributed by atoms with E-state index in [0.29, 0.717) is 37.3 Å². The highest BCUT2D eigenvalue weighted by Gasteiger charge is 2.29. The number of amides is 2. The third-order valence-electron chi connectivity index (χ3n) is 5.77. The smallest absolute Gasteiger partial charge is 0.323 e. The van der Waals surface area contributed by atoms with E-state index < -0.39 is 5.60 Å². The minimum absolute atomic E-state index is 0.222. The second kappa shape index (κ2) is 7.91. The lowest BCUT2D eigenvalue weighted by Crippen LogP contribution is -2.46. The van der Waals surface area contributed by atoms with Gasteiger partial charge in [-0.2, -0.15) is 0 Å². The van der Waals surface area contributed by atoms with Gasteiger partial charge in [0.05, 0.1) is 23.0 Å². The second-order valence-corrected chi connectivity index (χ2v) is 8.09. The van der Waals surface area contributed by atoms with E-state index in [2.05, 4.69) is 34.7 Å². The largest absolute Gasteiger partial charge is 0.390 e. The molecule has 1 aliphatic rings. The Labute approximate surface area is 176 Å². The Balaban J connectivity index is 1.65. The number of urea groups is 1. The van der Waals surface area contributed by atoms with Crippen LogP contribution in [0.2, 0.25) is 0 Å². The van der Waals surface area contributed by atoms with Gasteiger partial charge in [0.2, 0.25) is 0 Å². The lowest BCUT2D eigenvalue weighted by molar-refractivity contribution is 0.00569. The average Bonchev–Trinajstić information content (AvgIpc) is 2.73. The molecule has 0 saturated carbocycles. The summed E-state index contributed by atoms with van der Waals surface area (Å²) >= 11 is 0. The van der Waals surface area contributed by atoms with Crippen molar-refractivity contribution in [1.82, 2.24) is 14.9 Å². The molecule has 1 aromatic heterocycles. The van der Waals surface area contributed by atoms with E-state index >= 15 is 0 Å². The number of anilines is 2. The SMILES string of the molecule is CNc1ccc(-c2ccccc2C)c2ncc(NC(=O)N3CCC(C)(O)CC3)nc12. The van der Waals surface area contributed by atoms with E-state index in [1.165, 1.54) is 0 Å². The van der Waals surface area contributed by atoms with Crippen molar-refractivity contribution in [1.29, 1.82) is 0 Å². The van der Waals surface area contributed by atoms with Gasteiger partial charge in [-0.15, -0.1) is 0 Å². The standard InChI is InChI=1S/C23H27N5O2/c1-15-6-4-5-7-16(15)17-8-9-18(24-3)21-20(17)25-14-19(26-21)27-22(29)28-12-10-23(2,30)11-13-28/h4-9,14,24,30H,10-13H2,1-3H3,(H,26,27,29). The average molecular weight is 406 g/mol. The molecule has 7 heteroatoms. The number of carbonyl (C=O) groups is 1. The summed E-state index contributed by atoms with van der Waals surface area (Å²) in [4.78, 5) is 23.7. The zero-order valence-corrected chi connectivity index (χ0v) is 17.6. The first-order valence-corrected chi connectivity index (χ1v) is 10.2. The summed E-state index contributed by atoms with van der Waals surface area (Å²) < 4.78 is 0. The zero-order chi connectivity index (χ0) is 21.3. The van der Waals surface area contributed by atoms with Gasteiger partial charge in [-0.05, 0) is 49.9 Å². The van der Waals surface area contributed by atoms with E-state index in [1.807, 2.05) is 38.2 Å². The van der Waals surface area contributed by atoms with Gasteiger partial charge in [-0.25, -0.2) is 9.78 Å². The quantitative estimate of drug-likeness (QED) is 0.612. The predicted octanol–water partition coefficient (Wildman–Crippen LogP) is 4.03. The molecule has 1 saturated heterocycles. The van der Waals surface area contributed by atoms with Crippen LogP contribution in [0, 0.1) is 6.92 Å². The lowest BCUT2D eigenvalue weighted by atomic mass is 9.94. The van der Waals surface area contributed by atoms with Crippen LogP contribution in [0.5, 0.6) is 0 Å². The highest BCUT2D eigenvalue weighted by Crippen LogP contribution is 2.33. The molecular formula is C23H27N5O2. The minimum Gasteiger partial charge on any atom is -0.390 e. The zero-order valence-electron chi connectivity index (χ0n) is 17.6. The molecule has 1 aliphatic heterocycles. The second-order valence-electron chi connectivity index (χ2n) is 8.09. The monoisotopic (exact) mass is 405 g/mol. The topological polar surface area (TPSA) is 90.4 Å². The number of aliphatic hydroxyl groups is 1. The maximum absolute atomic E-state index is 12.7. The van der Waals surface area contributed by atoms with Gasteiger partial charge >= 0.3 is 6.03 Å². The summed E-state index contributed by atoms with van der Waals surface area (Å²) in [6.07, 6.45) is 2.72. The lowest BCUT2D eigenvalue weighted by Gasteiger charge is -2.35. The van der Waals surface area contributed by atoms with Gasteiger partial charge in [0.1, 0.15) is 5.52 Å². The molecule has 0 spiro atoms. The van der Waals surface area contributed by atoms with E-state index in [9.17, 15) is 9.90 Å². The van der Waals surface area contributed by atoms with Gasteiger partial charge in [0, 0.05) is 25.7 Å². The van der Waals surface area contributed by atoms with Crippen molar-refractivity contribution in [3.8, 4) is 11.1 Å². The van der Waals surface area contributed by atoms with Crippen molar-refractivity contribution >= 4 is 28.6 Å². The first-order chi connectivity index (χ1) is 14.4. The fourth-order valence-electron chi connectivity index (χ4n) is 3.83. The molecule has 3 aromatic rings. The van der Waals surface area contributed by atoms with Crippen LogP contribution in [-0.2, 0) is 0 Å². The number of piperidine rings is 1. The summed E-state index contributed by atoms with van der Waals surface area (Å²) in [5.41, 5.74) is 4.91. The molecular weight excluding hydrogens is 378 g/mol. The van der Waals surface area contributed by atoms with Crippen molar-refractivity contribution in [2.75, 3.05) is 30.8 Å². The molecule has 2 amide bonds. The Morgan fingerprint density at radius 3 is 2.53 bits per heavy atom. The number of likely N-dealkylation sites (tertiary alicyclic amines) is 1. The van der Waals surface area contributed by atoms with Gasteiger partial charge in [0.25, 0.3) is 0 Å². The van der Waals surface area contributed by atoms with Crippen LogP contribution in [0.3, 0.4) is 0 Å². The third-order valence-corrected chi connectivity index (χ3v) is 5.77. The normalized spacial score (nSPS) is 15.8. The molecule has 7 nitrogen and oxygen atoms in total. The van der Waals surface area contributed by atoms with E-state index in [1.54, 1.807) is 11.1 Å². The van der Waals surface area contributed by atoms with Gasteiger partial charge in [0.15, 0.2) is 5.82 Å². The van der Waals surface area contributed by atoms with Crippen LogP contribution in [0.15, 0.2) is 42.6 Å². The van der Waals surface area contributed by atoms with Crippen LogP contribution in [0.25, 0.3) is 22.2 Å². The summed E-state index contributed by atoms with van der Waals surface area (Å²) in [6.45, 7) is 4.91. The van der Waals surface area contributed by atoms with Gasteiger partial charge in [-0.3, -0.25) is 10.3 Å². The highest BCUT2D eigenvalue weighted by atomic mass is 16.3. The molecule has 2 heterocycles. The van der Waals surface area contributed by atoms with Crippen molar-refractivity contribution < 1.29 is 9.90 Å². The van der Waals surface area contributed by atoms with Crippen LogP contribution >= 0.6 is 0 Å². The number of nitrogens with zero attached hydrogens (tertiary/aromatic N) is 3. The maximum atomic E-state index is 12.7. The molecule has 0 radical (unpaired) electrons. The number of hydrogen-bond donors (Lipinski definition) is 3. The summed E-state index contributed by atoms with van der Waals surface area (Å²) in [6, 6.07) is 12.0. The number of hydrogen-bond acceptors (Lipinski definition) is 5. The van der Waals surface area contributed by atoms with Crippen LogP contribution in [0.4, 0.5) is 16.3 Å². The molecule has 0 unspecified atom stereocenters. The van der Waals surface area contributed by atoms with Crippen molar-refractivity contribution in [3.63, 3.8) is 0 Å². The number of aromatic nitrogens is 2. The molecule has 2 aromatic carbocycles. The minimum atomic E-state index is -0.701. The van der Waals surface area contributed by atoms with Crippen LogP contribution < -0.4 is 10.6 Å². The van der Waals surface area contributed by atoms with Gasteiger partial charge in [-0.1, -0.05) is 24.3 Å². The molecule has 156 valence electrons. The first-order valence-electron chi connectivity index (χ1n) is 10.2. The third kappa shape index (κ3) is 3.93. The molecule has 0 bridgehead atoms. The number of fused-ring (bicyclic) bond motifs is 1. The first kappa shape index (κ1) is 20.1. The number of rotatable bonds is 3. The molecule has 4 rings (SSSR count). The molecule has 3 N–H and O–H groups in total. The Kier molecular flexibility index (Phi) is 5.30. The highest BCUT2D eigenvalue weighted by molar-refractivity contribution is 6.00. The van der Waals surface area contributed by atoms with Crippen LogP contribution in [-0.4, -0.2) is 51.7 Å². The Hall–Kier alpha value is -3.19. The van der Waals surface area contributed by atoms with Crippen molar-refractivity contribution in [2.24, 2.45) is 0 Å². The number of aryl methyl sites for hydroxylation is 1. The van der Waals surface area contributed by atoms with Crippen molar-refractivity contribution in [3.05, 3.63) is 48.2 Å². The number of benzene rings is 2. The summed E-state index contributed by atoms with van der Waals surface area (Å²) in [5, 5.41) is 16.1. The van der Waals surface area contributed by atoms with E-state index in [0.717, 1.165) is 27.9 Å². The maximum Gasteiger partial charge on any atom is 0.323 e. The Morgan fingerprint density at radius 1 is 1.10 bits per heavy atom. The van der Waals surface area contributed by atoms with Crippen LogP contribution in [0.1, 0.15) is 25.3 Å². The van der Waals surface area contributed by atoms with E-state index in [4.69, 9.17) is 4.98 Å². The van der Waals surface area contributed by atoms with Crippen molar-refractivity contribution in [2.45, 2.75) is 32.3 Å². The Morgan fingerprint density at radius 2 is 1.83 bits per heavy atom. The van der Waals surface area contributed by atoms with E-state index in [-0.39, 0.29) is 6.03 Å². The predicted molar refractivity (Wildman–Crippen MR) is 120 cm³/mol. The fourth-order valence-corrected chi connectivity index (χ4v) is 3.83. The molecule has 0 atom stereocenters. The Bertz CT molecular complexity index is 1090.